The Morgan fingerprint density at radius 2 is 1.85 bits per heavy atom. The lowest BCUT2D eigenvalue weighted by molar-refractivity contribution is 0.0951. The standard InChI is InChI=1S/C20H23Cl2N3O/c1-25-9-3-2-4-18(25)14-7-5-13(6-8-14)12-24-20(26)15-10-16(21)19(23)17(22)11-15/h5-8,10-11,18H,2-4,9,12,23H2,1H3,(H,24,26)/t18-/m1/s1. The van der Waals surface area contributed by atoms with Gasteiger partial charge in [-0.15, -0.1) is 0 Å². The second-order valence-electron chi connectivity index (χ2n) is 6.77. The Hall–Kier alpha value is -1.75. The predicted molar refractivity (Wildman–Crippen MR) is 108 cm³/mol. The number of carbonyl (C=O) groups excluding carboxylic acids is 1. The van der Waals surface area contributed by atoms with Crippen molar-refractivity contribution >= 4 is 34.8 Å². The Kier molecular flexibility index (Phi) is 6.07. The number of nitrogens with zero attached hydrogens (tertiary/aromatic N) is 1. The molecule has 1 amide bonds. The number of carbonyl (C=O) groups is 1. The third-order valence-corrected chi connectivity index (χ3v) is 5.55. The molecule has 1 atom stereocenters. The second-order valence-corrected chi connectivity index (χ2v) is 7.58. The number of benzene rings is 2. The zero-order valence-corrected chi connectivity index (χ0v) is 16.3. The van der Waals surface area contributed by atoms with Crippen molar-refractivity contribution in [2.75, 3.05) is 19.3 Å². The minimum atomic E-state index is -0.232. The first-order valence-corrected chi connectivity index (χ1v) is 9.53. The van der Waals surface area contributed by atoms with E-state index in [4.69, 9.17) is 28.9 Å². The number of hydrogen-bond acceptors (Lipinski definition) is 3. The summed E-state index contributed by atoms with van der Waals surface area (Å²) in [6.07, 6.45) is 3.75. The fourth-order valence-corrected chi connectivity index (χ4v) is 3.84. The highest BCUT2D eigenvalue weighted by molar-refractivity contribution is 6.39. The lowest BCUT2D eigenvalue weighted by Gasteiger charge is -2.32. The fraction of sp³-hybridized carbons (Fsp3) is 0.350. The summed E-state index contributed by atoms with van der Waals surface area (Å²) in [7, 11) is 2.18. The van der Waals surface area contributed by atoms with Crippen LogP contribution in [0.25, 0.3) is 0 Å². The van der Waals surface area contributed by atoms with Crippen LogP contribution in [0.5, 0.6) is 0 Å². The Bertz CT molecular complexity index is 769. The summed E-state index contributed by atoms with van der Waals surface area (Å²) in [6, 6.07) is 12.0. The number of halogens is 2. The van der Waals surface area contributed by atoms with Gasteiger partial charge in [0.05, 0.1) is 15.7 Å². The largest absolute Gasteiger partial charge is 0.396 e. The van der Waals surface area contributed by atoms with Gasteiger partial charge in [0.2, 0.25) is 0 Å². The van der Waals surface area contributed by atoms with Crippen LogP contribution in [0.2, 0.25) is 10.0 Å². The summed E-state index contributed by atoms with van der Waals surface area (Å²) < 4.78 is 0. The smallest absolute Gasteiger partial charge is 0.251 e. The number of amides is 1. The van der Waals surface area contributed by atoms with Crippen molar-refractivity contribution in [1.82, 2.24) is 10.2 Å². The van der Waals surface area contributed by atoms with E-state index in [1.807, 2.05) is 0 Å². The summed E-state index contributed by atoms with van der Waals surface area (Å²) in [6.45, 7) is 1.59. The molecule has 3 N–H and O–H groups in total. The van der Waals surface area contributed by atoms with Crippen molar-refractivity contribution in [2.24, 2.45) is 0 Å². The van der Waals surface area contributed by atoms with E-state index in [0.717, 1.165) is 12.1 Å². The van der Waals surface area contributed by atoms with Crippen LogP contribution in [0.15, 0.2) is 36.4 Å². The van der Waals surface area contributed by atoms with E-state index in [2.05, 4.69) is 41.5 Å². The van der Waals surface area contributed by atoms with E-state index in [9.17, 15) is 4.79 Å². The molecular weight excluding hydrogens is 369 g/mol. The Labute approximate surface area is 164 Å². The summed E-state index contributed by atoms with van der Waals surface area (Å²) in [5.41, 5.74) is 8.77. The quantitative estimate of drug-likeness (QED) is 0.744. The maximum atomic E-state index is 12.3. The molecule has 138 valence electrons. The number of likely N-dealkylation sites (tertiary alicyclic amines) is 1. The molecule has 0 radical (unpaired) electrons. The van der Waals surface area contributed by atoms with Crippen molar-refractivity contribution in [3.8, 4) is 0 Å². The van der Waals surface area contributed by atoms with Crippen LogP contribution >= 0.6 is 23.2 Å². The van der Waals surface area contributed by atoms with Gasteiger partial charge in [0.25, 0.3) is 5.91 Å². The first-order chi connectivity index (χ1) is 12.5. The molecule has 4 nitrogen and oxygen atoms in total. The van der Waals surface area contributed by atoms with E-state index < -0.39 is 0 Å². The maximum absolute atomic E-state index is 12.3. The Morgan fingerprint density at radius 1 is 1.19 bits per heavy atom. The molecule has 2 aromatic rings. The van der Waals surface area contributed by atoms with Gasteiger partial charge < -0.3 is 11.1 Å². The molecule has 1 saturated heterocycles. The number of anilines is 1. The van der Waals surface area contributed by atoms with Crippen LogP contribution < -0.4 is 11.1 Å². The molecule has 0 aromatic heterocycles. The van der Waals surface area contributed by atoms with Crippen molar-refractivity contribution in [3.05, 3.63) is 63.1 Å². The average molecular weight is 392 g/mol. The molecule has 1 aliphatic rings. The van der Waals surface area contributed by atoms with E-state index in [0.29, 0.717) is 18.2 Å². The number of nitrogen functional groups attached to an aromatic ring is 1. The molecule has 6 heteroatoms. The Morgan fingerprint density at radius 3 is 2.46 bits per heavy atom. The molecule has 26 heavy (non-hydrogen) atoms. The van der Waals surface area contributed by atoms with Gasteiger partial charge in [0.15, 0.2) is 0 Å². The van der Waals surface area contributed by atoms with E-state index in [-0.39, 0.29) is 21.6 Å². The number of nitrogens with two attached hydrogens (primary N) is 1. The van der Waals surface area contributed by atoms with Gasteiger partial charge in [-0.05, 0) is 49.7 Å². The molecular formula is C20H23Cl2N3O. The monoisotopic (exact) mass is 391 g/mol. The van der Waals surface area contributed by atoms with Crippen LogP contribution in [-0.4, -0.2) is 24.4 Å². The van der Waals surface area contributed by atoms with Crippen LogP contribution in [0.4, 0.5) is 5.69 Å². The highest BCUT2D eigenvalue weighted by Crippen LogP contribution is 2.30. The first-order valence-electron chi connectivity index (χ1n) is 8.77. The molecule has 0 aliphatic carbocycles. The maximum Gasteiger partial charge on any atom is 0.251 e. The highest BCUT2D eigenvalue weighted by Gasteiger charge is 2.20. The lowest BCUT2D eigenvalue weighted by atomic mass is 9.95. The third kappa shape index (κ3) is 4.32. The minimum Gasteiger partial charge on any atom is -0.396 e. The number of rotatable bonds is 4. The SMILES string of the molecule is CN1CCCC[C@@H]1c1ccc(CNC(=O)c2cc(Cl)c(N)c(Cl)c2)cc1. The van der Waals surface area contributed by atoms with Crippen LogP contribution in [-0.2, 0) is 6.54 Å². The highest BCUT2D eigenvalue weighted by atomic mass is 35.5. The normalized spacial score (nSPS) is 17.9. The fourth-order valence-electron chi connectivity index (χ4n) is 3.35. The third-order valence-electron chi connectivity index (χ3n) is 4.93. The van der Waals surface area contributed by atoms with E-state index in [1.54, 1.807) is 0 Å². The average Bonchev–Trinajstić information content (AvgIpc) is 2.64. The Balaban J connectivity index is 1.62. The van der Waals surface area contributed by atoms with Gasteiger partial charge in [-0.2, -0.15) is 0 Å². The zero-order chi connectivity index (χ0) is 18.7. The number of piperidine rings is 1. The van der Waals surface area contributed by atoms with Gasteiger partial charge in [-0.1, -0.05) is 53.9 Å². The molecule has 0 saturated carbocycles. The molecule has 2 aromatic carbocycles. The number of nitrogens with one attached hydrogen (secondary N) is 1. The van der Waals surface area contributed by atoms with Crippen LogP contribution in [0.3, 0.4) is 0 Å². The van der Waals surface area contributed by atoms with Crippen LogP contribution in [0.1, 0.15) is 46.8 Å². The van der Waals surface area contributed by atoms with E-state index in [1.165, 1.54) is 37.0 Å². The second kappa shape index (κ2) is 8.30. The van der Waals surface area contributed by atoms with Gasteiger partial charge in [-0.3, -0.25) is 9.69 Å². The molecule has 1 aliphatic heterocycles. The van der Waals surface area contributed by atoms with Gasteiger partial charge in [0, 0.05) is 18.2 Å². The first kappa shape index (κ1) is 19.0. The number of hydrogen-bond donors (Lipinski definition) is 2. The van der Waals surface area contributed by atoms with E-state index >= 15 is 0 Å². The van der Waals surface area contributed by atoms with Crippen molar-refractivity contribution < 1.29 is 4.79 Å². The van der Waals surface area contributed by atoms with Crippen LogP contribution in [0, 0.1) is 0 Å². The van der Waals surface area contributed by atoms with Crippen molar-refractivity contribution in [1.29, 1.82) is 0 Å². The van der Waals surface area contributed by atoms with Crippen molar-refractivity contribution in [3.63, 3.8) is 0 Å². The van der Waals surface area contributed by atoms with Gasteiger partial charge in [0.1, 0.15) is 0 Å². The van der Waals surface area contributed by atoms with Crippen molar-refractivity contribution in [2.45, 2.75) is 31.8 Å². The summed E-state index contributed by atoms with van der Waals surface area (Å²) >= 11 is 12.0. The molecule has 0 bridgehead atoms. The molecule has 3 rings (SSSR count). The van der Waals surface area contributed by atoms with Gasteiger partial charge >= 0.3 is 0 Å². The molecule has 1 fully saturated rings. The lowest BCUT2D eigenvalue weighted by Crippen LogP contribution is -2.29. The minimum absolute atomic E-state index is 0.232. The molecule has 0 spiro atoms. The summed E-state index contributed by atoms with van der Waals surface area (Å²) in [5, 5.41) is 3.45. The van der Waals surface area contributed by atoms with Gasteiger partial charge in [-0.25, -0.2) is 0 Å². The predicted octanol–water partition coefficient (Wildman–Crippen LogP) is 4.66. The molecule has 1 heterocycles. The summed E-state index contributed by atoms with van der Waals surface area (Å²) in [4.78, 5) is 14.7. The zero-order valence-electron chi connectivity index (χ0n) is 14.8. The molecule has 0 unspecified atom stereocenters. The summed E-state index contributed by atoms with van der Waals surface area (Å²) in [5.74, 6) is -0.232. The topological polar surface area (TPSA) is 58.4 Å².